The van der Waals surface area contributed by atoms with Crippen LogP contribution in [0.2, 0.25) is 0 Å². The average Bonchev–Trinajstić information content (AvgIpc) is 2.62. The topological polar surface area (TPSA) is 58.3 Å². The summed E-state index contributed by atoms with van der Waals surface area (Å²) in [6, 6.07) is 0. The zero-order chi connectivity index (χ0) is 10.4. The minimum absolute atomic E-state index is 0.171. The summed E-state index contributed by atoms with van der Waals surface area (Å²) in [7, 11) is 0. The number of nitrogens with one attached hydrogen (secondary N) is 1. The van der Waals surface area contributed by atoms with Gasteiger partial charge < -0.3 is 16.2 Å². The van der Waals surface area contributed by atoms with Crippen LogP contribution in [-0.4, -0.2) is 30.3 Å². The Morgan fingerprint density at radius 1 is 1.57 bits per heavy atom. The number of hydrogen-bond donors (Lipinski definition) is 3. The molecule has 0 aliphatic heterocycles. The van der Waals surface area contributed by atoms with Crippen molar-refractivity contribution in [3.05, 3.63) is 0 Å². The maximum Gasteiger partial charge on any atom is 0.0443 e. The van der Waals surface area contributed by atoms with Crippen LogP contribution in [0.15, 0.2) is 0 Å². The molecule has 0 bridgehead atoms. The first-order valence-corrected chi connectivity index (χ1v) is 5.85. The molecule has 3 nitrogen and oxygen atoms in total. The van der Waals surface area contributed by atoms with Crippen molar-refractivity contribution in [2.45, 2.75) is 44.6 Å². The van der Waals surface area contributed by atoms with Crippen LogP contribution in [0.1, 0.15) is 39.0 Å². The van der Waals surface area contributed by atoms with Crippen molar-refractivity contribution in [1.82, 2.24) is 5.32 Å². The van der Waals surface area contributed by atoms with E-state index in [1.165, 1.54) is 25.7 Å². The Balaban J connectivity index is 2.46. The highest BCUT2D eigenvalue weighted by molar-refractivity contribution is 4.99. The molecule has 3 heteroatoms. The molecule has 0 aromatic heterocycles. The molecule has 1 fully saturated rings. The molecular formula is C11H24N2O. The lowest BCUT2D eigenvalue weighted by Gasteiger charge is -2.35. The van der Waals surface area contributed by atoms with E-state index < -0.39 is 0 Å². The molecule has 84 valence electrons. The maximum absolute atomic E-state index is 8.75. The fourth-order valence-corrected chi connectivity index (χ4v) is 2.73. The molecule has 0 aromatic carbocycles. The highest BCUT2D eigenvalue weighted by Crippen LogP contribution is 2.36. The summed E-state index contributed by atoms with van der Waals surface area (Å²) in [4.78, 5) is 0. The quantitative estimate of drug-likeness (QED) is 0.558. The molecular weight excluding hydrogens is 176 g/mol. The third-order valence-corrected chi connectivity index (χ3v) is 3.63. The minimum atomic E-state index is 0.171. The summed E-state index contributed by atoms with van der Waals surface area (Å²) in [6.45, 7) is 4.14. The van der Waals surface area contributed by atoms with Crippen LogP contribution in [0.5, 0.6) is 0 Å². The van der Waals surface area contributed by atoms with Gasteiger partial charge in [0.05, 0.1) is 0 Å². The Hall–Kier alpha value is -0.120. The summed E-state index contributed by atoms with van der Waals surface area (Å²) in [5.74, 6) is 0.728. The van der Waals surface area contributed by atoms with E-state index in [1.54, 1.807) is 0 Å². The van der Waals surface area contributed by atoms with Crippen LogP contribution in [0.3, 0.4) is 0 Å². The highest BCUT2D eigenvalue weighted by Gasteiger charge is 2.39. The second kappa shape index (κ2) is 5.69. The van der Waals surface area contributed by atoms with Gasteiger partial charge in [-0.2, -0.15) is 0 Å². The van der Waals surface area contributed by atoms with E-state index in [-0.39, 0.29) is 12.1 Å². The van der Waals surface area contributed by atoms with E-state index in [0.717, 1.165) is 25.4 Å². The summed E-state index contributed by atoms with van der Waals surface area (Å²) < 4.78 is 0. The SMILES string of the molecule is CCC1CCCC1(CN)NCCCO. The average molecular weight is 200 g/mol. The van der Waals surface area contributed by atoms with Gasteiger partial charge in [0.25, 0.3) is 0 Å². The minimum Gasteiger partial charge on any atom is -0.396 e. The lowest BCUT2D eigenvalue weighted by Crippen LogP contribution is -2.54. The highest BCUT2D eigenvalue weighted by atomic mass is 16.3. The fraction of sp³-hybridized carbons (Fsp3) is 1.00. The monoisotopic (exact) mass is 200 g/mol. The number of nitrogens with two attached hydrogens (primary N) is 1. The molecule has 4 N–H and O–H groups in total. The van der Waals surface area contributed by atoms with Crippen LogP contribution < -0.4 is 11.1 Å². The number of rotatable bonds is 6. The lowest BCUT2D eigenvalue weighted by molar-refractivity contribution is 0.227. The van der Waals surface area contributed by atoms with E-state index in [1.807, 2.05) is 0 Å². The molecule has 1 aliphatic rings. The Morgan fingerprint density at radius 3 is 2.93 bits per heavy atom. The zero-order valence-electron chi connectivity index (χ0n) is 9.26. The maximum atomic E-state index is 8.75. The number of hydrogen-bond acceptors (Lipinski definition) is 3. The van der Waals surface area contributed by atoms with E-state index in [9.17, 15) is 0 Å². The Bertz CT molecular complexity index is 163. The van der Waals surface area contributed by atoms with Crippen molar-refractivity contribution in [1.29, 1.82) is 0 Å². The van der Waals surface area contributed by atoms with Crippen molar-refractivity contribution >= 4 is 0 Å². The van der Waals surface area contributed by atoms with Crippen molar-refractivity contribution in [2.75, 3.05) is 19.7 Å². The van der Waals surface area contributed by atoms with E-state index in [2.05, 4.69) is 12.2 Å². The summed E-state index contributed by atoms with van der Waals surface area (Å²) in [5.41, 5.74) is 6.06. The van der Waals surface area contributed by atoms with Crippen LogP contribution in [-0.2, 0) is 0 Å². The predicted octanol–water partition coefficient (Wildman–Crippen LogP) is 0.866. The molecule has 0 radical (unpaired) electrons. The van der Waals surface area contributed by atoms with E-state index in [0.29, 0.717) is 0 Å². The van der Waals surface area contributed by atoms with Crippen LogP contribution >= 0.6 is 0 Å². The first-order chi connectivity index (χ1) is 6.79. The largest absolute Gasteiger partial charge is 0.396 e. The van der Waals surface area contributed by atoms with Gasteiger partial charge in [-0.3, -0.25) is 0 Å². The molecule has 0 amide bonds. The van der Waals surface area contributed by atoms with Gasteiger partial charge in [0.2, 0.25) is 0 Å². The van der Waals surface area contributed by atoms with Gasteiger partial charge in [-0.05, 0) is 31.7 Å². The molecule has 1 rings (SSSR count). The van der Waals surface area contributed by atoms with Crippen molar-refractivity contribution in [3.8, 4) is 0 Å². The predicted molar refractivity (Wildman–Crippen MR) is 59.1 cm³/mol. The van der Waals surface area contributed by atoms with Gasteiger partial charge in [0.15, 0.2) is 0 Å². The van der Waals surface area contributed by atoms with E-state index in [4.69, 9.17) is 10.8 Å². The van der Waals surface area contributed by atoms with Crippen molar-refractivity contribution in [3.63, 3.8) is 0 Å². The van der Waals surface area contributed by atoms with Gasteiger partial charge in [-0.1, -0.05) is 19.8 Å². The molecule has 2 atom stereocenters. The van der Waals surface area contributed by atoms with E-state index >= 15 is 0 Å². The van der Waals surface area contributed by atoms with Gasteiger partial charge in [0, 0.05) is 18.7 Å². The van der Waals surface area contributed by atoms with Crippen LogP contribution in [0.4, 0.5) is 0 Å². The zero-order valence-corrected chi connectivity index (χ0v) is 9.26. The van der Waals surface area contributed by atoms with Crippen molar-refractivity contribution < 1.29 is 5.11 Å². The molecule has 1 aliphatic carbocycles. The third kappa shape index (κ3) is 2.47. The number of aliphatic hydroxyl groups excluding tert-OH is 1. The molecule has 1 saturated carbocycles. The second-order valence-corrected chi connectivity index (χ2v) is 4.36. The second-order valence-electron chi connectivity index (χ2n) is 4.36. The third-order valence-electron chi connectivity index (χ3n) is 3.63. The Morgan fingerprint density at radius 2 is 2.36 bits per heavy atom. The van der Waals surface area contributed by atoms with Gasteiger partial charge >= 0.3 is 0 Å². The van der Waals surface area contributed by atoms with Gasteiger partial charge in [0.1, 0.15) is 0 Å². The summed E-state index contributed by atoms with van der Waals surface area (Å²) >= 11 is 0. The van der Waals surface area contributed by atoms with Gasteiger partial charge in [-0.25, -0.2) is 0 Å². The molecule has 0 heterocycles. The lowest BCUT2D eigenvalue weighted by atomic mass is 9.85. The van der Waals surface area contributed by atoms with Crippen molar-refractivity contribution in [2.24, 2.45) is 11.7 Å². The molecule has 14 heavy (non-hydrogen) atoms. The van der Waals surface area contributed by atoms with Crippen LogP contribution in [0, 0.1) is 5.92 Å². The first-order valence-electron chi connectivity index (χ1n) is 5.85. The molecule has 2 unspecified atom stereocenters. The number of aliphatic hydroxyl groups is 1. The molecule has 0 saturated heterocycles. The Kier molecular flexibility index (Phi) is 4.85. The smallest absolute Gasteiger partial charge is 0.0443 e. The normalized spacial score (nSPS) is 32.4. The fourth-order valence-electron chi connectivity index (χ4n) is 2.73. The first kappa shape index (κ1) is 12.0. The standard InChI is InChI=1S/C11H24N2O/c1-2-10-5-3-6-11(10,9-12)13-7-4-8-14/h10,13-14H,2-9,12H2,1H3. The molecule has 0 spiro atoms. The summed E-state index contributed by atoms with van der Waals surface area (Å²) in [5, 5.41) is 12.3. The Labute approximate surface area is 87.1 Å². The van der Waals surface area contributed by atoms with Crippen LogP contribution in [0.25, 0.3) is 0 Å². The van der Waals surface area contributed by atoms with Gasteiger partial charge in [-0.15, -0.1) is 0 Å². The molecule has 0 aromatic rings. The summed E-state index contributed by atoms with van der Waals surface area (Å²) in [6.07, 6.45) is 5.84.